The third-order valence-electron chi connectivity index (χ3n) is 4.90. The fourth-order valence-corrected chi connectivity index (χ4v) is 3.36. The number of aromatic nitrogens is 1. The first kappa shape index (κ1) is 18.5. The lowest BCUT2D eigenvalue weighted by atomic mass is 9.77. The van der Waals surface area contributed by atoms with Gasteiger partial charge < -0.3 is 14.8 Å². The lowest BCUT2D eigenvalue weighted by Crippen LogP contribution is -2.56. The molecule has 7 heteroatoms. The lowest BCUT2D eigenvalue weighted by Gasteiger charge is -2.36. The molecule has 1 aromatic carbocycles. The average Bonchev–Trinajstić information content (AvgIpc) is 3.06. The number of hydrogen-bond acceptors (Lipinski definition) is 4. The Labute approximate surface area is 156 Å². The number of benzene rings is 1. The first-order chi connectivity index (χ1) is 12.4. The second-order valence-electron chi connectivity index (χ2n) is 6.95. The number of carboxylic acids is 1. The molecule has 6 nitrogen and oxygen atoms in total. The maximum atomic E-state index is 12.4. The molecule has 0 spiro atoms. The van der Waals surface area contributed by atoms with E-state index in [1.54, 1.807) is 24.3 Å². The molecular formula is C19H21ClN2O4. The normalized spacial score (nSPS) is 22.8. The summed E-state index contributed by atoms with van der Waals surface area (Å²) in [6, 6.07) is 7.02. The molecule has 0 aliphatic heterocycles. The molecule has 1 aliphatic carbocycles. The Morgan fingerprint density at radius 2 is 1.96 bits per heavy atom. The first-order valence-electron chi connectivity index (χ1n) is 8.63. The summed E-state index contributed by atoms with van der Waals surface area (Å²) >= 11 is 5.86. The summed E-state index contributed by atoms with van der Waals surface area (Å²) in [7, 11) is 0. The van der Waals surface area contributed by atoms with Crippen LogP contribution in [0.1, 0.15) is 38.3 Å². The molecular weight excluding hydrogens is 356 g/mol. The highest BCUT2D eigenvalue weighted by molar-refractivity contribution is 6.30. The van der Waals surface area contributed by atoms with Crippen LogP contribution in [-0.2, 0) is 16.0 Å². The van der Waals surface area contributed by atoms with Gasteiger partial charge >= 0.3 is 5.97 Å². The highest BCUT2D eigenvalue weighted by Gasteiger charge is 2.42. The van der Waals surface area contributed by atoms with Crippen LogP contribution in [0.25, 0.3) is 11.5 Å². The van der Waals surface area contributed by atoms with Gasteiger partial charge in [0.05, 0.1) is 12.1 Å². The highest BCUT2D eigenvalue weighted by atomic mass is 35.5. The molecule has 1 fully saturated rings. The minimum atomic E-state index is -1.17. The van der Waals surface area contributed by atoms with Crippen LogP contribution in [-0.4, -0.2) is 27.5 Å². The molecule has 2 N–H and O–H groups in total. The fourth-order valence-electron chi connectivity index (χ4n) is 3.24. The van der Waals surface area contributed by atoms with Crippen molar-refractivity contribution >= 4 is 23.5 Å². The van der Waals surface area contributed by atoms with Crippen LogP contribution in [0.2, 0.25) is 5.02 Å². The SMILES string of the molecule is CC1CCC(NC(=O)Cc2coc(-c3ccc(Cl)cc3)n2)(C(=O)O)CC1. The summed E-state index contributed by atoms with van der Waals surface area (Å²) in [5, 5.41) is 12.9. The zero-order valence-corrected chi connectivity index (χ0v) is 15.3. The average molecular weight is 377 g/mol. The van der Waals surface area contributed by atoms with Gasteiger partial charge in [0.25, 0.3) is 0 Å². The van der Waals surface area contributed by atoms with Gasteiger partial charge in [0.2, 0.25) is 11.8 Å². The quantitative estimate of drug-likeness (QED) is 0.830. The van der Waals surface area contributed by atoms with Crippen LogP contribution >= 0.6 is 11.6 Å². The summed E-state index contributed by atoms with van der Waals surface area (Å²) in [6.07, 6.45) is 3.87. The van der Waals surface area contributed by atoms with Crippen LogP contribution < -0.4 is 5.32 Å². The zero-order chi connectivity index (χ0) is 18.7. The summed E-state index contributed by atoms with van der Waals surface area (Å²) in [6.45, 7) is 2.10. The van der Waals surface area contributed by atoms with Crippen LogP contribution in [0.4, 0.5) is 0 Å². The van der Waals surface area contributed by atoms with Gasteiger partial charge in [0.1, 0.15) is 11.8 Å². The Morgan fingerprint density at radius 1 is 1.31 bits per heavy atom. The monoisotopic (exact) mass is 376 g/mol. The number of aliphatic carboxylic acids is 1. The molecule has 1 heterocycles. The van der Waals surface area contributed by atoms with E-state index in [1.807, 2.05) is 0 Å². The minimum Gasteiger partial charge on any atom is -0.480 e. The molecule has 26 heavy (non-hydrogen) atoms. The topological polar surface area (TPSA) is 92.4 Å². The van der Waals surface area contributed by atoms with Crippen molar-refractivity contribution in [3.63, 3.8) is 0 Å². The number of hydrogen-bond donors (Lipinski definition) is 2. The van der Waals surface area contributed by atoms with Crippen molar-refractivity contribution in [2.75, 3.05) is 0 Å². The molecule has 1 aliphatic rings. The van der Waals surface area contributed by atoms with E-state index in [-0.39, 0.29) is 12.3 Å². The van der Waals surface area contributed by atoms with Gasteiger partial charge in [-0.25, -0.2) is 9.78 Å². The highest BCUT2D eigenvalue weighted by Crippen LogP contribution is 2.32. The molecule has 0 unspecified atom stereocenters. The Hall–Kier alpha value is -2.34. The van der Waals surface area contributed by atoms with E-state index >= 15 is 0 Å². The van der Waals surface area contributed by atoms with E-state index in [1.165, 1.54) is 6.26 Å². The van der Waals surface area contributed by atoms with E-state index in [2.05, 4.69) is 17.2 Å². The number of carbonyl (C=O) groups is 2. The van der Waals surface area contributed by atoms with Crippen LogP contribution in [0.5, 0.6) is 0 Å². The maximum absolute atomic E-state index is 12.4. The number of nitrogens with zero attached hydrogens (tertiary/aromatic N) is 1. The van der Waals surface area contributed by atoms with Gasteiger partial charge in [-0.05, 0) is 55.9 Å². The van der Waals surface area contributed by atoms with Gasteiger partial charge in [-0.15, -0.1) is 0 Å². The van der Waals surface area contributed by atoms with Crippen LogP contribution in [0.3, 0.4) is 0 Å². The lowest BCUT2D eigenvalue weighted by molar-refractivity contribution is -0.149. The van der Waals surface area contributed by atoms with Gasteiger partial charge in [-0.1, -0.05) is 18.5 Å². The molecule has 1 aromatic heterocycles. The zero-order valence-electron chi connectivity index (χ0n) is 14.5. The molecule has 0 radical (unpaired) electrons. The predicted octanol–water partition coefficient (Wildman–Crippen LogP) is 3.69. The molecule has 1 saturated carbocycles. The van der Waals surface area contributed by atoms with Crippen molar-refractivity contribution in [3.05, 3.63) is 41.2 Å². The predicted molar refractivity (Wildman–Crippen MR) is 96.8 cm³/mol. The third-order valence-corrected chi connectivity index (χ3v) is 5.15. The molecule has 3 rings (SSSR count). The number of carboxylic acid groups (broad SMARTS) is 1. The van der Waals surface area contributed by atoms with Crippen molar-refractivity contribution in [2.24, 2.45) is 5.92 Å². The van der Waals surface area contributed by atoms with Crippen molar-refractivity contribution in [3.8, 4) is 11.5 Å². The van der Waals surface area contributed by atoms with E-state index in [0.29, 0.717) is 35.4 Å². The Kier molecular flexibility index (Phi) is 5.32. The minimum absolute atomic E-state index is 0.0261. The number of oxazole rings is 1. The van der Waals surface area contributed by atoms with E-state index in [4.69, 9.17) is 16.0 Å². The number of halogens is 1. The maximum Gasteiger partial charge on any atom is 0.329 e. The van der Waals surface area contributed by atoms with Crippen LogP contribution in [0, 0.1) is 5.92 Å². The van der Waals surface area contributed by atoms with Gasteiger partial charge in [-0.2, -0.15) is 0 Å². The summed E-state index contributed by atoms with van der Waals surface area (Å²) in [5.74, 6) is -0.460. The summed E-state index contributed by atoms with van der Waals surface area (Å²) in [5.41, 5.74) is 0.0355. The van der Waals surface area contributed by atoms with E-state index in [9.17, 15) is 14.7 Å². The largest absolute Gasteiger partial charge is 0.480 e. The third kappa shape index (κ3) is 4.07. The van der Waals surface area contributed by atoms with Gasteiger partial charge in [0.15, 0.2) is 0 Å². The van der Waals surface area contributed by atoms with E-state index < -0.39 is 11.5 Å². The number of nitrogens with one attached hydrogen (secondary N) is 1. The molecule has 0 bridgehead atoms. The summed E-state index contributed by atoms with van der Waals surface area (Å²) in [4.78, 5) is 28.4. The Bertz CT molecular complexity index is 792. The summed E-state index contributed by atoms with van der Waals surface area (Å²) < 4.78 is 5.42. The first-order valence-corrected chi connectivity index (χ1v) is 9.00. The Balaban J connectivity index is 1.66. The standard InChI is InChI=1S/C19H21ClN2O4/c1-12-6-8-19(9-7-12,18(24)25)22-16(23)10-15-11-26-17(21-15)13-2-4-14(20)5-3-13/h2-5,11-12H,6-10H2,1H3,(H,22,23)(H,24,25). The van der Waals surface area contributed by atoms with Gasteiger partial charge in [0, 0.05) is 10.6 Å². The second-order valence-corrected chi connectivity index (χ2v) is 7.38. The smallest absolute Gasteiger partial charge is 0.329 e. The van der Waals surface area contributed by atoms with E-state index in [0.717, 1.165) is 18.4 Å². The number of amides is 1. The molecule has 138 valence electrons. The molecule has 0 saturated heterocycles. The Morgan fingerprint density at radius 3 is 2.58 bits per heavy atom. The molecule has 0 atom stereocenters. The van der Waals surface area contributed by atoms with Crippen molar-refractivity contribution in [2.45, 2.75) is 44.6 Å². The van der Waals surface area contributed by atoms with Gasteiger partial charge in [-0.3, -0.25) is 4.79 Å². The fraction of sp³-hybridized carbons (Fsp3) is 0.421. The van der Waals surface area contributed by atoms with Crippen molar-refractivity contribution in [1.29, 1.82) is 0 Å². The van der Waals surface area contributed by atoms with Crippen molar-refractivity contribution in [1.82, 2.24) is 10.3 Å². The van der Waals surface area contributed by atoms with Crippen LogP contribution in [0.15, 0.2) is 34.9 Å². The molecule has 2 aromatic rings. The second kappa shape index (κ2) is 7.50. The molecule has 1 amide bonds. The van der Waals surface area contributed by atoms with Crippen molar-refractivity contribution < 1.29 is 19.1 Å². The number of carbonyl (C=O) groups excluding carboxylic acids is 1. The number of rotatable bonds is 5.